The van der Waals surface area contributed by atoms with Crippen molar-refractivity contribution < 1.29 is 58.5 Å². The SMILES string of the molecule is CC(=O)O.CC(C)[C@H](NC(=O)[C@H](CCCCN)NC(=O)[C@@H](Cc1c[nH]c2ccccc12)NC(=O)[C@H](Cc1ccc(O)cc1)NC(=O)[C@H](CS)NC(=O)[C@@H](N)Cc1ccc2ccccc2c1)C(=O)N[C@@H](CS)C(=O)N[C@H](C(N)=O)[C@@H](C)O. The predicted molar refractivity (Wildman–Crippen MR) is 313 cm³/mol. The van der Waals surface area contributed by atoms with Crippen LogP contribution in [0.1, 0.15) is 63.6 Å². The van der Waals surface area contributed by atoms with Crippen LogP contribution in [0.3, 0.4) is 0 Å². The zero-order valence-electron chi connectivity index (χ0n) is 45.5. The normalized spacial score (nSPS) is 14.4. The molecule has 23 nitrogen and oxygen atoms in total. The molecule has 1 aromatic heterocycles. The van der Waals surface area contributed by atoms with Gasteiger partial charge in [0.25, 0.3) is 5.97 Å². The third kappa shape index (κ3) is 20.7. The lowest BCUT2D eigenvalue weighted by Gasteiger charge is -2.29. The number of carboxylic acids is 1. The van der Waals surface area contributed by atoms with Crippen LogP contribution in [0.25, 0.3) is 21.7 Å². The van der Waals surface area contributed by atoms with Gasteiger partial charge in [0.15, 0.2) is 0 Å². The number of phenolic OH excluding ortho intramolecular Hbond substituents is 1. The summed E-state index contributed by atoms with van der Waals surface area (Å²) in [5, 5.41) is 48.7. The molecule has 0 saturated carbocycles. The van der Waals surface area contributed by atoms with Crippen LogP contribution in [0.2, 0.25) is 0 Å². The fourth-order valence-corrected chi connectivity index (χ4v) is 9.01. The van der Waals surface area contributed by atoms with E-state index in [1.807, 2.05) is 60.7 Å². The van der Waals surface area contributed by atoms with E-state index >= 15 is 0 Å². The van der Waals surface area contributed by atoms with Crippen LogP contribution in [0, 0.1) is 5.92 Å². The highest BCUT2D eigenvalue weighted by Crippen LogP contribution is 2.21. The summed E-state index contributed by atoms with van der Waals surface area (Å²) in [6.45, 7) is 5.89. The van der Waals surface area contributed by atoms with E-state index < -0.39 is 114 Å². The number of aliphatic hydroxyl groups is 1. The number of nitrogens with two attached hydrogens (primary N) is 3. The molecule has 0 aliphatic rings. The van der Waals surface area contributed by atoms with Crippen molar-refractivity contribution >= 4 is 100 Å². The number of nitrogens with one attached hydrogen (secondary N) is 8. The van der Waals surface area contributed by atoms with Gasteiger partial charge in [0.2, 0.25) is 47.3 Å². The highest BCUT2D eigenvalue weighted by Gasteiger charge is 2.36. The molecular weight excluding hydrogens is 1080 g/mol. The van der Waals surface area contributed by atoms with Gasteiger partial charge in [-0.25, -0.2) is 0 Å². The van der Waals surface area contributed by atoms with Gasteiger partial charge >= 0.3 is 0 Å². The van der Waals surface area contributed by atoms with Gasteiger partial charge in [-0.15, -0.1) is 0 Å². The summed E-state index contributed by atoms with van der Waals surface area (Å²) in [4.78, 5) is 122. The summed E-state index contributed by atoms with van der Waals surface area (Å²) in [6, 6.07) is 16.2. The zero-order chi connectivity index (χ0) is 59.9. The number of H-pyrrole nitrogens is 1. The maximum Gasteiger partial charge on any atom is 0.300 e. The second kappa shape index (κ2) is 32.5. The quantitative estimate of drug-likeness (QED) is 0.0228. The van der Waals surface area contributed by atoms with Crippen LogP contribution in [-0.4, -0.2) is 146 Å². The number of aromatic amines is 1. The largest absolute Gasteiger partial charge is 0.508 e. The second-order valence-electron chi connectivity index (χ2n) is 19.8. The van der Waals surface area contributed by atoms with Gasteiger partial charge in [0, 0.05) is 48.4 Å². The van der Waals surface area contributed by atoms with Gasteiger partial charge in [0.1, 0.15) is 48.0 Å². The first-order valence-corrected chi connectivity index (χ1v) is 27.5. The molecule has 8 amide bonds. The Morgan fingerprint density at radius 2 is 1.07 bits per heavy atom. The molecule has 5 aromatic rings. The monoisotopic (exact) mass is 1160 g/mol. The first kappa shape index (κ1) is 65.8. The lowest BCUT2D eigenvalue weighted by atomic mass is 10.00. The fraction of sp³-hybridized carbons (Fsp3) is 0.411. The first-order valence-electron chi connectivity index (χ1n) is 26.2. The highest BCUT2D eigenvalue weighted by atomic mass is 32.1. The van der Waals surface area contributed by atoms with Crippen molar-refractivity contribution in [1.29, 1.82) is 0 Å². The number of amides is 8. The average Bonchev–Trinajstić information content (AvgIpc) is 3.84. The Morgan fingerprint density at radius 1 is 0.580 bits per heavy atom. The Hall–Kier alpha value is -7.71. The molecule has 0 aliphatic carbocycles. The fourth-order valence-electron chi connectivity index (χ4n) is 8.50. The summed E-state index contributed by atoms with van der Waals surface area (Å²) < 4.78 is 0. The molecule has 0 saturated heterocycles. The second-order valence-corrected chi connectivity index (χ2v) is 20.5. The van der Waals surface area contributed by atoms with Crippen LogP contribution in [-0.2, 0) is 62.4 Å². The minimum absolute atomic E-state index is 0.0459. The Kier molecular flexibility index (Phi) is 26.4. The lowest BCUT2D eigenvalue weighted by Crippen LogP contribution is -2.62. The first-order chi connectivity index (χ1) is 38.5. The third-order valence-electron chi connectivity index (χ3n) is 12.9. The van der Waals surface area contributed by atoms with E-state index in [2.05, 4.69) is 67.5 Å². The van der Waals surface area contributed by atoms with Crippen molar-refractivity contribution in [1.82, 2.24) is 42.2 Å². The van der Waals surface area contributed by atoms with Gasteiger partial charge in [-0.2, -0.15) is 25.3 Å². The van der Waals surface area contributed by atoms with Gasteiger partial charge in [-0.1, -0.05) is 86.6 Å². The molecule has 0 bridgehead atoms. The topological polar surface area (TPSA) is 392 Å². The molecule has 0 aliphatic heterocycles. The van der Waals surface area contributed by atoms with Crippen molar-refractivity contribution in [3.05, 3.63) is 114 Å². The lowest BCUT2D eigenvalue weighted by molar-refractivity contribution is -0.136. The van der Waals surface area contributed by atoms with Crippen molar-refractivity contribution in [2.45, 2.75) is 121 Å². The Labute approximate surface area is 480 Å². The minimum atomic E-state index is -1.46. The molecule has 1 heterocycles. The van der Waals surface area contributed by atoms with Crippen molar-refractivity contribution in [2.75, 3.05) is 18.1 Å². The van der Waals surface area contributed by atoms with Gasteiger partial charge < -0.3 is 74.7 Å². The molecule has 438 valence electrons. The molecule has 5 rings (SSSR count). The van der Waals surface area contributed by atoms with E-state index in [1.165, 1.54) is 19.1 Å². The number of thiol groups is 2. The van der Waals surface area contributed by atoms with E-state index in [1.54, 1.807) is 38.2 Å². The smallest absolute Gasteiger partial charge is 0.300 e. The number of para-hydroxylation sites is 1. The summed E-state index contributed by atoms with van der Waals surface area (Å²) in [7, 11) is 0. The number of primary amides is 1. The number of hydrogen-bond acceptors (Lipinski definition) is 15. The van der Waals surface area contributed by atoms with E-state index in [0.717, 1.165) is 34.2 Å². The number of carboxylic acid groups (broad SMARTS) is 1. The number of fused-ring (bicyclic) bond motifs is 2. The Balaban J connectivity index is 0.00000341. The number of unbranched alkanes of at least 4 members (excludes halogenated alkanes) is 1. The van der Waals surface area contributed by atoms with Crippen LogP contribution in [0.5, 0.6) is 5.75 Å². The molecule has 17 N–H and O–H groups in total. The van der Waals surface area contributed by atoms with Gasteiger partial charge in [0.05, 0.1) is 12.1 Å². The van der Waals surface area contributed by atoms with Crippen LogP contribution >= 0.6 is 25.3 Å². The number of phenols is 1. The van der Waals surface area contributed by atoms with Crippen molar-refractivity contribution in [2.24, 2.45) is 23.1 Å². The summed E-state index contributed by atoms with van der Waals surface area (Å²) >= 11 is 8.54. The number of aliphatic carboxylic acids is 1. The maximum absolute atomic E-state index is 14.8. The summed E-state index contributed by atoms with van der Waals surface area (Å²) in [5.74, 6) is -8.34. The van der Waals surface area contributed by atoms with E-state index in [4.69, 9.17) is 27.1 Å². The Bertz CT molecular complexity index is 2960. The number of hydrogen-bond donors (Lipinski definition) is 16. The van der Waals surface area contributed by atoms with Crippen LogP contribution < -0.4 is 54.4 Å². The van der Waals surface area contributed by atoms with Gasteiger partial charge in [-0.3, -0.25) is 43.2 Å². The molecule has 4 aromatic carbocycles. The zero-order valence-corrected chi connectivity index (χ0v) is 47.3. The van der Waals surface area contributed by atoms with Crippen LogP contribution in [0.4, 0.5) is 0 Å². The highest BCUT2D eigenvalue weighted by molar-refractivity contribution is 7.80. The molecular formula is C56H75N11O12S2. The summed E-state index contributed by atoms with van der Waals surface area (Å²) in [6.07, 6.45) is 1.12. The number of rotatable bonds is 29. The predicted octanol–water partition coefficient (Wildman–Crippen LogP) is 0.377. The van der Waals surface area contributed by atoms with E-state index in [9.17, 15) is 48.6 Å². The average molecular weight is 1160 g/mol. The number of benzene rings is 4. The Morgan fingerprint density at radius 3 is 1.65 bits per heavy atom. The molecule has 81 heavy (non-hydrogen) atoms. The van der Waals surface area contributed by atoms with E-state index in [-0.39, 0.29) is 49.5 Å². The van der Waals surface area contributed by atoms with Crippen molar-refractivity contribution in [3.63, 3.8) is 0 Å². The minimum Gasteiger partial charge on any atom is -0.508 e. The third-order valence-corrected chi connectivity index (χ3v) is 13.6. The standard InChI is InChI=1S/C54H71N11O10S2.C2H4O2/c1-29(2)45(54(75)63-44(28-77)53(74)65-46(30(3)66)47(57)68)64-49(70)40(14-8-9-21-55)59-51(72)42(25-35-26-58-39-13-7-6-12-37(35)39)61-50(71)41(24-31-16-19-36(67)20-17-31)60-52(73)43(27-76)62-48(69)38(56)23-32-15-18-33-10-4-5-11-34(33)22-32;1-2(3)4/h4-7,10-13,15-20,22,26,29-30,38,40-46,58,66-67,76-77H,8-9,14,21,23-25,27-28,55-56H2,1-3H3,(H2,57,68)(H,59,72)(H,60,73)(H,61,71)(H,62,69)(H,63,75)(H,64,70)(H,65,74);1H3,(H,3,4)/t30-,38+,40+,41+,42-,43+,44+,45+,46+;/m1./s1. The number of aromatic nitrogens is 1. The van der Waals surface area contributed by atoms with Crippen LogP contribution in [0.15, 0.2) is 97.2 Å². The summed E-state index contributed by atoms with van der Waals surface area (Å²) in [5.41, 5.74) is 20.2. The number of aromatic hydroxyl groups is 1. The number of carbonyl (C=O) groups is 9. The maximum atomic E-state index is 14.8. The molecule has 25 heteroatoms. The van der Waals surface area contributed by atoms with Crippen molar-refractivity contribution in [3.8, 4) is 5.75 Å². The van der Waals surface area contributed by atoms with E-state index in [0.29, 0.717) is 24.0 Å². The molecule has 9 atom stereocenters. The molecule has 0 fully saturated rings. The molecule has 0 radical (unpaired) electrons. The molecule has 0 unspecified atom stereocenters. The number of carbonyl (C=O) groups excluding carboxylic acids is 8. The number of aliphatic hydroxyl groups excluding tert-OH is 1. The molecule has 0 spiro atoms. The van der Waals surface area contributed by atoms with Gasteiger partial charge in [-0.05, 0) is 90.7 Å².